The number of hydrogen-bond acceptors (Lipinski definition) is 2. The summed E-state index contributed by atoms with van der Waals surface area (Å²) < 4.78 is 0. The zero-order valence-electron chi connectivity index (χ0n) is 8.81. The maximum absolute atomic E-state index is 11.7. The molecule has 0 aliphatic rings. The highest BCUT2D eigenvalue weighted by molar-refractivity contribution is 6.30. The number of terminal acetylenes is 1. The van der Waals surface area contributed by atoms with E-state index in [1.165, 1.54) is 12.1 Å². The van der Waals surface area contributed by atoms with Crippen molar-refractivity contribution in [1.82, 2.24) is 5.32 Å². The zero-order valence-corrected chi connectivity index (χ0v) is 9.57. The van der Waals surface area contributed by atoms with Crippen LogP contribution in [-0.4, -0.2) is 23.0 Å². The average molecular weight is 252 g/mol. The molecule has 88 valence electrons. The van der Waals surface area contributed by atoms with Crippen molar-refractivity contribution in [2.75, 3.05) is 0 Å². The zero-order chi connectivity index (χ0) is 12.8. The summed E-state index contributed by atoms with van der Waals surface area (Å²) in [4.78, 5) is 22.4. The van der Waals surface area contributed by atoms with Crippen LogP contribution in [0, 0.1) is 12.3 Å². The lowest BCUT2D eigenvalue weighted by Gasteiger charge is -2.11. The topological polar surface area (TPSA) is 66.4 Å². The van der Waals surface area contributed by atoms with E-state index in [0.29, 0.717) is 10.6 Å². The molecule has 0 aromatic heterocycles. The van der Waals surface area contributed by atoms with E-state index >= 15 is 0 Å². The Kier molecular flexibility index (Phi) is 4.56. The van der Waals surface area contributed by atoms with Gasteiger partial charge in [0.25, 0.3) is 5.91 Å². The van der Waals surface area contributed by atoms with Crippen LogP contribution >= 0.6 is 11.6 Å². The smallest absolute Gasteiger partial charge is 0.327 e. The minimum atomic E-state index is -1.16. The van der Waals surface area contributed by atoms with E-state index < -0.39 is 17.9 Å². The summed E-state index contributed by atoms with van der Waals surface area (Å²) in [6, 6.07) is 5.03. The van der Waals surface area contributed by atoms with E-state index in [1.807, 2.05) is 0 Å². The molecule has 1 amide bonds. The standard InChI is InChI=1S/C12H10ClNO3/c1-2-3-10(12(16)17)14-11(15)8-4-6-9(13)7-5-8/h1,4-7,10H,3H2,(H,14,15)(H,16,17). The molecule has 5 heteroatoms. The molecule has 0 fully saturated rings. The minimum absolute atomic E-state index is 0.0609. The summed E-state index contributed by atoms with van der Waals surface area (Å²) in [5, 5.41) is 11.6. The summed E-state index contributed by atoms with van der Waals surface area (Å²) in [6.45, 7) is 0. The van der Waals surface area contributed by atoms with Gasteiger partial charge in [-0.1, -0.05) is 11.6 Å². The second kappa shape index (κ2) is 5.92. The Morgan fingerprint density at radius 3 is 2.47 bits per heavy atom. The Hall–Kier alpha value is -1.99. The van der Waals surface area contributed by atoms with Crippen LogP contribution in [0.15, 0.2) is 24.3 Å². The highest BCUT2D eigenvalue weighted by atomic mass is 35.5. The van der Waals surface area contributed by atoms with Crippen LogP contribution in [0.5, 0.6) is 0 Å². The SMILES string of the molecule is C#CCC(NC(=O)c1ccc(Cl)cc1)C(=O)O. The summed E-state index contributed by atoms with van der Waals surface area (Å²) in [7, 11) is 0. The Morgan fingerprint density at radius 1 is 1.41 bits per heavy atom. The molecule has 0 aliphatic carbocycles. The number of carbonyl (C=O) groups is 2. The third-order valence-corrected chi connectivity index (χ3v) is 2.28. The Bertz CT molecular complexity index is 462. The summed E-state index contributed by atoms with van der Waals surface area (Å²) >= 11 is 5.67. The van der Waals surface area contributed by atoms with E-state index in [-0.39, 0.29) is 6.42 Å². The molecular weight excluding hydrogens is 242 g/mol. The fourth-order valence-corrected chi connectivity index (χ4v) is 1.29. The number of carboxylic acid groups (broad SMARTS) is 1. The minimum Gasteiger partial charge on any atom is -0.480 e. The van der Waals surface area contributed by atoms with Crippen molar-refractivity contribution in [1.29, 1.82) is 0 Å². The fourth-order valence-electron chi connectivity index (χ4n) is 1.16. The number of halogens is 1. The van der Waals surface area contributed by atoms with Gasteiger partial charge in [-0.25, -0.2) is 4.79 Å². The number of hydrogen-bond donors (Lipinski definition) is 2. The fraction of sp³-hybridized carbons (Fsp3) is 0.167. The lowest BCUT2D eigenvalue weighted by molar-refractivity contribution is -0.139. The van der Waals surface area contributed by atoms with Crippen molar-refractivity contribution >= 4 is 23.5 Å². The van der Waals surface area contributed by atoms with Crippen molar-refractivity contribution in [3.8, 4) is 12.3 Å². The molecule has 2 N–H and O–H groups in total. The lowest BCUT2D eigenvalue weighted by atomic mass is 10.1. The largest absolute Gasteiger partial charge is 0.480 e. The molecule has 0 aliphatic heterocycles. The molecule has 0 saturated heterocycles. The third-order valence-electron chi connectivity index (χ3n) is 2.03. The lowest BCUT2D eigenvalue weighted by Crippen LogP contribution is -2.40. The molecule has 4 nitrogen and oxygen atoms in total. The van der Waals surface area contributed by atoms with Crippen LogP contribution in [-0.2, 0) is 4.79 Å². The molecule has 0 radical (unpaired) electrons. The molecule has 1 unspecified atom stereocenters. The van der Waals surface area contributed by atoms with Crippen LogP contribution < -0.4 is 5.32 Å². The predicted molar refractivity (Wildman–Crippen MR) is 63.8 cm³/mol. The second-order valence-electron chi connectivity index (χ2n) is 3.28. The van der Waals surface area contributed by atoms with Gasteiger partial charge in [0.15, 0.2) is 0 Å². The number of carboxylic acids is 1. The van der Waals surface area contributed by atoms with E-state index in [9.17, 15) is 9.59 Å². The van der Waals surface area contributed by atoms with Crippen LogP contribution in [0.25, 0.3) is 0 Å². The second-order valence-corrected chi connectivity index (χ2v) is 3.72. The van der Waals surface area contributed by atoms with Gasteiger partial charge in [-0.2, -0.15) is 0 Å². The molecular formula is C12H10ClNO3. The van der Waals surface area contributed by atoms with Gasteiger partial charge in [-0.15, -0.1) is 12.3 Å². The number of rotatable bonds is 4. The summed E-state index contributed by atoms with van der Waals surface area (Å²) in [5.74, 6) is 0.541. The first kappa shape index (κ1) is 13.1. The quantitative estimate of drug-likeness (QED) is 0.798. The molecule has 0 spiro atoms. The van der Waals surface area contributed by atoms with Gasteiger partial charge in [0.05, 0.1) is 0 Å². The van der Waals surface area contributed by atoms with Crippen molar-refractivity contribution in [3.63, 3.8) is 0 Å². The van der Waals surface area contributed by atoms with Gasteiger partial charge < -0.3 is 10.4 Å². The van der Waals surface area contributed by atoms with Crippen molar-refractivity contribution in [2.24, 2.45) is 0 Å². The molecule has 17 heavy (non-hydrogen) atoms. The number of aliphatic carboxylic acids is 1. The number of carbonyl (C=O) groups excluding carboxylic acids is 1. The van der Waals surface area contributed by atoms with Crippen LogP contribution in [0.2, 0.25) is 5.02 Å². The number of benzene rings is 1. The van der Waals surface area contributed by atoms with Gasteiger partial charge in [0.1, 0.15) is 6.04 Å². The van der Waals surface area contributed by atoms with Crippen LogP contribution in [0.4, 0.5) is 0 Å². The predicted octanol–water partition coefficient (Wildman–Crippen LogP) is 1.55. The normalized spacial score (nSPS) is 11.3. The van der Waals surface area contributed by atoms with E-state index in [0.717, 1.165) is 0 Å². The van der Waals surface area contributed by atoms with E-state index in [1.54, 1.807) is 12.1 Å². The Labute approximate surface area is 104 Å². The van der Waals surface area contributed by atoms with Gasteiger partial charge >= 0.3 is 5.97 Å². The van der Waals surface area contributed by atoms with Crippen LogP contribution in [0.1, 0.15) is 16.8 Å². The highest BCUT2D eigenvalue weighted by Crippen LogP contribution is 2.09. The van der Waals surface area contributed by atoms with Gasteiger partial charge in [-0.05, 0) is 24.3 Å². The van der Waals surface area contributed by atoms with E-state index in [2.05, 4.69) is 11.2 Å². The molecule has 0 heterocycles. The molecule has 1 aromatic carbocycles. The number of amides is 1. The van der Waals surface area contributed by atoms with Crippen molar-refractivity contribution in [3.05, 3.63) is 34.9 Å². The summed E-state index contributed by atoms with van der Waals surface area (Å²) in [5.41, 5.74) is 0.331. The molecule has 1 rings (SSSR count). The number of nitrogens with one attached hydrogen (secondary N) is 1. The third kappa shape index (κ3) is 3.82. The maximum atomic E-state index is 11.7. The average Bonchev–Trinajstić information content (AvgIpc) is 2.29. The Morgan fingerprint density at radius 2 is 2.00 bits per heavy atom. The van der Waals surface area contributed by atoms with Crippen molar-refractivity contribution < 1.29 is 14.7 Å². The van der Waals surface area contributed by atoms with E-state index in [4.69, 9.17) is 23.1 Å². The van der Waals surface area contributed by atoms with Gasteiger partial charge in [0, 0.05) is 17.0 Å². The monoisotopic (exact) mass is 251 g/mol. The van der Waals surface area contributed by atoms with Crippen molar-refractivity contribution in [2.45, 2.75) is 12.5 Å². The molecule has 1 aromatic rings. The molecule has 0 bridgehead atoms. The van der Waals surface area contributed by atoms with Crippen LogP contribution in [0.3, 0.4) is 0 Å². The highest BCUT2D eigenvalue weighted by Gasteiger charge is 2.19. The maximum Gasteiger partial charge on any atom is 0.327 e. The molecule has 1 atom stereocenters. The van der Waals surface area contributed by atoms with Gasteiger partial charge in [0.2, 0.25) is 0 Å². The first-order valence-electron chi connectivity index (χ1n) is 4.77. The Balaban J connectivity index is 2.74. The van der Waals surface area contributed by atoms with Gasteiger partial charge in [-0.3, -0.25) is 4.79 Å². The first-order chi connectivity index (χ1) is 8.04. The molecule has 0 saturated carbocycles. The first-order valence-corrected chi connectivity index (χ1v) is 5.15. The summed E-state index contributed by atoms with van der Waals surface area (Å²) in [6.07, 6.45) is 4.96.